The second kappa shape index (κ2) is 5.85. The fourth-order valence-electron chi connectivity index (χ4n) is 1.57. The summed E-state index contributed by atoms with van der Waals surface area (Å²) in [4.78, 5) is 0. The summed E-state index contributed by atoms with van der Waals surface area (Å²) in [5, 5.41) is 9.58. The van der Waals surface area contributed by atoms with Gasteiger partial charge in [-0.1, -0.05) is 29.8 Å². The molecule has 18 heavy (non-hydrogen) atoms. The van der Waals surface area contributed by atoms with E-state index in [0.29, 0.717) is 16.3 Å². The zero-order valence-electron chi connectivity index (χ0n) is 9.57. The molecule has 0 aromatic heterocycles. The standard InChI is InChI=1S/C14H12ClFO2/c15-14-4-2-1-3-11(14)9-18-13-6-10(8-17)5-12(16)7-13/h1-7,17H,8-9H2. The summed E-state index contributed by atoms with van der Waals surface area (Å²) in [6.45, 7) is 0.0359. The lowest BCUT2D eigenvalue weighted by Gasteiger charge is -2.09. The Morgan fingerprint density at radius 1 is 1.17 bits per heavy atom. The van der Waals surface area contributed by atoms with Crippen molar-refractivity contribution in [1.82, 2.24) is 0 Å². The number of halogens is 2. The van der Waals surface area contributed by atoms with Crippen molar-refractivity contribution in [3.05, 3.63) is 64.4 Å². The molecule has 0 radical (unpaired) electrons. The Morgan fingerprint density at radius 2 is 1.94 bits per heavy atom. The maximum atomic E-state index is 13.2. The van der Waals surface area contributed by atoms with Gasteiger partial charge in [0, 0.05) is 16.7 Å². The van der Waals surface area contributed by atoms with E-state index >= 15 is 0 Å². The number of aliphatic hydroxyl groups excluding tert-OH is 1. The molecule has 2 rings (SSSR count). The van der Waals surface area contributed by atoms with Crippen molar-refractivity contribution in [2.75, 3.05) is 0 Å². The van der Waals surface area contributed by atoms with E-state index in [1.165, 1.54) is 12.1 Å². The van der Waals surface area contributed by atoms with E-state index in [4.69, 9.17) is 21.4 Å². The molecule has 0 amide bonds. The van der Waals surface area contributed by atoms with Gasteiger partial charge in [-0.05, 0) is 23.8 Å². The third-order valence-corrected chi connectivity index (χ3v) is 2.83. The van der Waals surface area contributed by atoms with Gasteiger partial charge < -0.3 is 9.84 Å². The highest BCUT2D eigenvalue weighted by atomic mass is 35.5. The normalized spacial score (nSPS) is 10.4. The summed E-state index contributed by atoms with van der Waals surface area (Å²) in [5.74, 6) is -0.0605. The molecular formula is C14H12ClFO2. The number of rotatable bonds is 4. The first kappa shape index (κ1) is 12.9. The lowest BCUT2D eigenvalue weighted by atomic mass is 10.2. The first-order valence-electron chi connectivity index (χ1n) is 5.45. The molecule has 2 nitrogen and oxygen atoms in total. The average Bonchev–Trinajstić information content (AvgIpc) is 2.37. The molecule has 1 N–H and O–H groups in total. The number of hydrogen-bond donors (Lipinski definition) is 1. The van der Waals surface area contributed by atoms with Crippen molar-refractivity contribution in [3.63, 3.8) is 0 Å². The highest BCUT2D eigenvalue weighted by molar-refractivity contribution is 6.31. The molecule has 0 saturated heterocycles. The van der Waals surface area contributed by atoms with Gasteiger partial charge in [0.05, 0.1) is 6.61 Å². The molecule has 94 valence electrons. The molecule has 2 aromatic rings. The van der Waals surface area contributed by atoms with Crippen LogP contribution in [0.15, 0.2) is 42.5 Å². The molecule has 0 fully saturated rings. The van der Waals surface area contributed by atoms with Gasteiger partial charge in [-0.15, -0.1) is 0 Å². The molecule has 0 aliphatic heterocycles. The van der Waals surface area contributed by atoms with Crippen LogP contribution in [0.2, 0.25) is 5.02 Å². The minimum absolute atomic E-state index is 0.222. The van der Waals surface area contributed by atoms with Crippen LogP contribution in [0, 0.1) is 5.82 Å². The van der Waals surface area contributed by atoms with Crippen LogP contribution in [-0.4, -0.2) is 5.11 Å². The van der Waals surface area contributed by atoms with Crippen LogP contribution >= 0.6 is 11.6 Å². The molecular weight excluding hydrogens is 255 g/mol. The zero-order chi connectivity index (χ0) is 13.0. The minimum atomic E-state index is -0.435. The van der Waals surface area contributed by atoms with Gasteiger partial charge in [0.15, 0.2) is 0 Å². The van der Waals surface area contributed by atoms with Gasteiger partial charge in [0.25, 0.3) is 0 Å². The zero-order valence-corrected chi connectivity index (χ0v) is 10.3. The first-order chi connectivity index (χ1) is 8.69. The Hall–Kier alpha value is -1.58. The van der Waals surface area contributed by atoms with E-state index in [1.54, 1.807) is 12.1 Å². The molecule has 0 unspecified atom stereocenters. The molecule has 0 bridgehead atoms. The summed E-state index contributed by atoms with van der Waals surface area (Å²) in [6, 6.07) is 11.4. The van der Waals surface area contributed by atoms with Crippen molar-refractivity contribution in [2.45, 2.75) is 13.2 Å². The molecule has 0 heterocycles. The smallest absolute Gasteiger partial charge is 0.127 e. The van der Waals surface area contributed by atoms with Crippen LogP contribution in [0.25, 0.3) is 0 Å². The van der Waals surface area contributed by atoms with Gasteiger partial charge in [-0.2, -0.15) is 0 Å². The van der Waals surface area contributed by atoms with Crippen molar-refractivity contribution >= 4 is 11.6 Å². The monoisotopic (exact) mass is 266 g/mol. The Bertz CT molecular complexity index is 543. The highest BCUT2D eigenvalue weighted by Gasteiger charge is 2.03. The maximum Gasteiger partial charge on any atom is 0.127 e. The molecule has 2 aromatic carbocycles. The number of aliphatic hydroxyl groups is 1. The van der Waals surface area contributed by atoms with Crippen molar-refractivity contribution in [2.24, 2.45) is 0 Å². The van der Waals surface area contributed by atoms with E-state index < -0.39 is 5.82 Å². The van der Waals surface area contributed by atoms with E-state index in [-0.39, 0.29) is 13.2 Å². The second-order valence-electron chi connectivity index (χ2n) is 3.83. The molecule has 4 heteroatoms. The third-order valence-electron chi connectivity index (χ3n) is 2.47. The molecule has 0 saturated carbocycles. The van der Waals surface area contributed by atoms with Crippen LogP contribution in [0.3, 0.4) is 0 Å². The van der Waals surface area contributed by atoms with Crippen LogP contribution in [0.4, 0.5) is 4.39 Å². The van der Waals surface area contributed by atoms with Crippen LogP contribution in [0.5, 0.6) is 5.75 Å². The van der Waals surface area contributed by atoms with Gasteiger partial charge in [-0.25, -0.2) is 4.39 Å². The first-order valence-corrected chi connectivity index (χ1v) is 5.83. The van der Waals surface area contributed by atoms with Gasteiger partial charge in [0.2, 0.25) is 0 Å². The molecule has 0 aliphatic carbocycles. The number of ether oxygens (including phenoxy) is 1. The molecule has 0 atom stereocenters. The average molecular weight is 267 g/mol. The van der Waals surface area contributed by atoms with Gasteiger partial charge >= 0.3 is 0 Å². The van der Waals surface area contributed by atoms with Gasteiger partial charge in [-0.3, -0.25) is 0 Å². The Kier molecular flexibility index (Phi) is 4.18. The summed E-state index contributed by atoms with van der Waals surface area (Å²) >= 11 is 5.99. The van der Waals surface area contributed by atoms with Crippen molar-refractivity contribution in [3.8, 4) is 5.75 Å². The fourth-order valence-corrected chi connectivity index (χ4v) is 1.76. The van der Waals surface area contributed by atoms with Crippen LogP contribution in [-0.2, 0) is 13.2 Å². The predicted octanol–water partition coefficient (Wildman–Crippen LogP) is 3.55. The fraction of sp³-hybridized carbons (Fsp3) is 0.143. The summed E-state index contributed by atoms with van der Waals surface area (Å²) in [7, 11) is 0. The lowest BCUT2D eigenvalue weighted by Crippen LogP contribution is -1.97. The van der Waals surface area contributed by atoms with Crippen molar-refractivity contribution in [1.29, 1.82) is 0 Å². The summed E-state index contributed by atoms with van der Waals surface area (Å²) < 4.78 is 18.7. The van der Waals surface area contributed by atoms with E-state index in [9.17, 15) is 4.39 Å². The second-order valence-corrected chi connectivity index (χ2v) is 4.24. The summed E-state index contributed by atoms with van der Waals surface area (Å²) in [6.07, 6.45) is 0. The Labute approximate surface area is 110 Å². The minimum Gasteiger partial charge on any atom is -0.489 e. The lowest BCUT2D eigenvalue weighted by molar-refractivity contribution is 0.276. The Balaban J connectivity index is 2.11. The van der Waals surface area contributed by atoms with E-state index in [2.05, 4.69) is 0 Å². The number of benzene rings is 2. The Morgan fingerprint density at radius 3 is 2.67 bits per heavy atom. The molecule has 0 spiro atoms. The van der Waals surface area contributed by atoms with Crippen LogP contribution < -0.4 is 4.74 Å². The van der Waals surface area contributed by atoms with E-state index in [1.807, 2.05) is 18.2 Å². The third kappa shape index (κ3) is 3.22. The highest BCUT2D eigenvalue weighted by Crippen LogP contribution is 2.20. The van der Waals surface area contributed by atoms with Crippen molar-refractivity contribution < 1.29 is 14.2 Å². The largest absolute Gasteiger partial charge is 0.489 e. The number of hydrogen-bond acceptors (Lipinski definition) is 2. The summed E-state index contributed by atoms with van der Waals surface area (Å²) in [5.41, 5.74) is 1.30. The van der Waals surface area contributed by atoms with Crippen LogP contribution in [0.1, 0.15) is 11.1 Å². The van der Waals surface area contributed by atoms with E-state index in [0.717, 1.165) is 5.56 Å². The van der Waals surface area contributed by atoms with Gasteiger partial charge in [0.1, 0.15) is 18.2 Å². The topological polar surface area (TPSA) is 29.5 Å². The predicted molar refractivity (Wildman–Crippen MR) is 68.1 cm³/mol. The molecule has 0 aliphatic rings. The maximum absolute atomic E-state index is 13.2. The SMILES string of the molecule is OCc1cc(F)cc(OCc2ccccc2Cl)c1. The quantitative estimate of drug-likeness (QED) is 0.917.